The fourth-order valence-electron chi connectivity index (χ4n) is 4.03. The van der Waals surface area contributed by atoms with E-state index in [1.165, 1.54) is 17.3 Å². The zero-order valence-corrected chi connectivity index (χ0v) is 18.9. The molecule has 0 bridgehead atoms. The van der Waals surface area contributed by atoms with Crippen LogP contribution in [0.25, 0.3) is 0 Å². The number of halogens is 3. The number of piperidine rings is 1. The zero-order chi connectivity index (χ0) is 24.8. The Hall–Kier alpha value is -3.75. The maximum absolute atomic E-state index is 14.1. The van der Waals surface area contributed by atoms with E-state index in [-0.39, 0.29) is 24.3 Å². The Bertz CT molecular complexity index is 1180. The number of carbonyl (C=O) groups excluding carboxylic acids is 2. The molecule has 4 rings (SSSR count). The van der Waals surface area contributed by atoms with E-state index < -0.39 is 29.0 Å². The average molecular weight is 483 g/mol. The van der Waals surface area contributed by atoms with Crippen molar-refractivity contribution >= 4 is 11.7 Å². The Labute approximate surface area is 200 Å². The van der Waals surface area contributed by atoms with Crippen molar-refractivity contribution in [1.29, 1.82) is 0 Å². The van der Waals surface area contributed by atoms with Crippen molar-refractivity contribution in [3.63, 3.8) is 0 Å². The maximum Gasteiger partial charge on any atom is 0.417 e. The van der Waals surface area contributed by atoms with E-state index in [1.54, 1.807) is 30.3 Å². The smallest absolute Gasteiger partial charge is 0.417 e. The second-order valence-electron chi connectivity index (χ2n) is 8.37. The zero-order valence-electron chi connectivity index (χ0n) is 18.9. The number of likely N-dealkylation sites (tertiary alicyclic amines) is 1. The van der Waals surface area contributed by atoms with Crippen molar-refractivity contribution in [3.05, 3.63) is 88.7 Å². The van der Waals surface area contributed by atoms with Gasteiger partial charge in [-0.15, -0.1) is 0 Å². The van der Waals surface area contributed by atoms with Crippen LogP contribution in [0.15, 0.2) is 60.9 Å². The van der Waals surface area contributed by atoms with E-state index in [2.05, 4.69) is 10.2 Å². The molecule has 2 heterocycles. The molecule has 0 N–H and O–H groups in total. The highest BCUT2D eigenvalue weighted by molar-refractivity contribution is 6.03. The third kappa shape index (κ3) is 6.03. The molecule has 0 aliphatic carbocycles. The molecule has 35 heavy (non-hydrogen) atoms. The minimum absolute atomic E-state index is 0.0284. The highest BCUT2D eigenvalue weighted by Crippen LogP contribution is 2.37. The van der Waals surface area contributed by atoms with Crippen LogP contribution >= 0.6 is 0 Å². The molecule has 0 unspecified atom stereocenters. The number of Topliss-reactive ketones (excluding diaryl/α,β-unsaturated/α-hetero) is 1. The van der Waals surface area contributed by atoms with E-state index in [1.807, 2.05) is 6.07 Å². The van der Waals surface area contributed by atoms with Crippen LogP contribution in [0.3, 0.4) is 0 Å². The fourth-order valence-corrected chi connectivity index (χ4v) is 4.03. The van der Waals surface area contributed by atoms with E-state index in [9.17, 15) is 22.8 Å². The molecule has 0 spiro atoms. The topological polar surface area (TPSA) is 72.4 Å². The third-order valence-corrected chi connectivity index (χ3v) is 5.85. The SMILES string of the molecule is O=C(Cc1ccnnc1)c1cc(C(F)(F)F)c(C(=O)N2CCCCC2)cc1OCc1ccccc1. The van der Waals surface area contributed by atoms with Crippen molar-refractivity contribution in [2.75, 3.05) is 13.1 Å². The number of benzene rings is 2. The fraction of sp³-hybridized carbons (Fsp3) is 0.308. The molecule has 1 amide bonds. The normalized spacial score (nSPS) is 14.0. The molecular weight excluding hydrogens is 459 g/mol. The van der Waals surface area contributed by atoms with Crippen molar-refractivity contribution in [3.8, 4) is 5.75 Å². The molecule has 3 aromatic rings. The van der Waals surface area contributed by atoms with Gasteiger partial charge in [-0.3, -0.25) is 9.59 Å². The standard InChI is InChI=1S/C26H24F3N3O3/c27-26(28,29)22-14-21(23(33)13-19-9-10-30-31-16-19)24(35-17-18-7-3-1-4-8-18)15-20(22)25(34)32-11-5-2-6-12-32/h1,3-4,7-10,14-16H,2,5-6,11-13,17H2. The summed E-state index contributed by atoms with van der Waals surface area (Å²) in [5.74, 6) is -1.35. The maximum atomic E-state index is 14.1. The molecule has 0 atom stereocenters. The lowest BCUT2D eigenvalue weighted by Gasteiger charge is -2.28. The number of ether oxygens (including phenoxy) is 1. The predicted molar refractivity (Wildman–Crippen MR) is 122 cm³/mol. The van der Waals surface area contributed by atoms with Crippen LogP contribution in [0.1, 0.15) is 56.7 Å². The number of nitrogens with zero attached hydrogens (tertiary/aromatic N) is 3. The molecule has 1 fully saturated rings. The van der Waals surface area contributed by atoms with Gasteiger partial charge in [0.1, 0.15) is 12.4 Å². The molecule has 1 saturated heterocycles. The summed E-state index contributed by atoms with van der Waals surface area (Å²) >= 11 is 0. The van der Waals surface area contributed by atoms with E-state index >= 15 is 0 Å². The number of hydrogen-bond donors (Lipinski definition) is 0. The van der Waals surface area contributed by atoms with Gasteiger partial charge < -0.3 is 9.64 Å². The first-order valence-corrected chi connectivity index (χ1v) is 11.3. The van der Waals surface area contributed by atoms with Gasteiger partial charge in [0, 0.05) is 25.7 Å². The quantitative estimate of drug-likeness (QED) is 0.436. The molecule has 2 aromatic carbocycles. The summed E-state index contributed by atoms with van der Waals surface area (Å²) in [6.07, 6.45) is 0.166. The number of rotatable bonds is 7. The summed E-state index contributed by atoms with van der Waals surface area (Å²) in [7, 11) is 0. The third-order valence-electron chi connectivity index (χ3n) is 5.85. The van der Waals surface area contributed by atoms with Crippen molar-refractivity contribution < 1.29 is 27.5 Å². The average Bonchev–Trinajstić information content (AvgIpc) is 2.87. The number of hydrogen-bond acceptors (Lipinski definition) is 5. The van der Waals surface area contributed by atoms with E-state index in [0.29, 0.717) is 18.7 Å². The molecule has 0 saturated carbocycles. The van der Waals surface area contributed by atoms with Crippen LogP contribution in [0.2, 0.25) is 0 Å². The second-order valence-corrected chi connectivity index (χ2v) is 8.37. The minimum Gasteiger partial charge on any atom is -0.488 e. The van der Waals surface area contributed by atoms with Gasteiger partial charge in [0.05, 0.1) is 22.9 Å². The summed E-state index contributed by atoms with van der Waals surface area (Å²) < 4.78 is 48.1. The summed E-state index contributed by atoms with van der Waals surface area (Å²) in [4.78, 5) is 27.7. The van der Waals surface area contributed by atoms with Gasteiger partial charge in [-0.05, 0) is 48.6 Å². The van der Waals surface area contributed by atoms with E-state index in [0.717, 1.165) is 37.0 Å². The second kappa shape index (κ2) is 10.7. The van der Waals surface area contributed by atoms with Crippen LogP contribution in [0.4, 0.5) is 13.2 Å². The first-order valence-electron chi connectivity index (χ1n) is 11.3. The lowest BCUT2D eigenvalue weighted by Crippen LogP contribution is -2.36. The largest absolute Gasteiger partial charge is 0.488 e. The molecule has 1 aromatic heterocycles. The van der Waals surface area contributed by atoms with Gasteiger partial charge >= 0.3 is 6.18 Å². The first kappa shape index (κ1) is 24.4. The molecule has 182 valence electrons. The minimum atomic E-state index is -4.83. The van der Waals surface area contributed by atoms with Gasteiger partial charge in [-0.1, -0.05) is 30.3 Å². The Morgan fingerprint density at radius 1 is 0.914 bits per heavy atom. The monoisotopic (exact) mass is 483 g/mol. The van der Waals surface area contributed by atoms with Gasteiger partial charge in [0.25, 0.3) is 5.91 Å². The molecule has 0 radical (unpaired) electrons. The Morgan fingerprint density at radius 2 is 1.66 bits per heavy atom. The first-order chi connectivity index (χ1) is 16.8. The van der Waals surface area contributed by atoms with E-state index in [4.69, 9.17) is 4.74 Å². The Balaban J connectivity index is 1.76. The van der Waals surface area contributed by atoms with Crippen LogP contribution in [-0.4, -0.2) is 39.9 Å². The summed E-state index contributed by atoms with van der Waals surface area (Å²) in [5.41, 5.74) is -0.615. The summed E-state index contributed by atoms with van der Waals surface area (Å²) in [6.45, 7) is 0.818. The molecule has 6 nitrogen and oxygen atoms in total. The van der Waals surface area contributed by atoms with Gasteiger partial charge in [-0.2, -0.15) is 23.4 Å². The van der Waals surface area contributed by atoms with Gasteiger partial charge in [-0.25, -0.2) is 0 Å². The van der Waals surface area contributed by atoms with Gasteiger partial charge in [0.15, 0.2) is 5.78 Å². The lowest BCUT2D eigenvalue weighted by molar-refractivity contribution is -0.138. The van der Waals surface area contributed by atoms with Crippen molar-refractivity contribution in [2.24, 2.45) is 0 Å². The molecule has 1 aliphatic rings. The summed E-state index contributed by atoms with van der Waals surface area (Å²) in [6, 6.07) is 12.4. The predicted octanol–water partition coefficient (Wildman–Crippen LogP) is 5.13. The number of aromatic nitrogens is 2. The van der Waals surface area contributed by atoms with Crippen LogP contribution in [0.5, 0.6) is 5.75 Å². The van der Waals surface area contributed by atoms with Crippen LogP contribution < -0.4 is 4.74 Å². The van der Waals surface area contributed by atoms with Gasteiger partial charge in [0.2, 0.25) is 0 Å². The van der Waals surface area contributed by atoms with Crippen LogP contribution in [-0.2, 0) is 19.2 Å². The summed E-state index contributed by atoms with van der Waals surface area (Å²) in [5, 5.41) is 7.36. The number of amides is 1. The molecule has 9 heteroatoms. The molecular formula is C26H24F3N3O3. The number of alkyl halides is 3. The molecule has 1 aliphatic heterocycles. The highest BCUT2D eigenvalue weighted by atomic mass is 19.4. The van der Waals surface area contributed by atoms with Crippen LogP contribution in [0, 0.1) is 0 Å². The lowest BCUT2D eigenvalue weighted by atomic mass is 9.96. The highest BCUT2D eigenvalue weighted by Gasteiger charge is 2.38. The van der Waals surface area contributed by atoms with Crippen molar-refractivity contribution in [2.45, 2.75) is 38.5 Å². The Morgan fingerprint density at radius 3 is 2.31 bits per heavy atom. The van der Waals surface area contributed by atoms with Crippen molar-refractivity contribution in [1.82, 2.24) is 15.1 Å². The number of carbonyl (C=O) groups is 2. The number of ketones is 1. The Kier molecular flexibility index (Phi) is 7.43.